The van der Waals surface area contributed by atoms with Crippen molar-refractivity contribution in [2.75, 3.05) is 13.7 Å². The predicted octanol–water partition coefficient (Wildman–Crippen LogP) is 2.86. The second-order valence-electron chi connectivity index (χ2n) is 6.31. The van der Waals surface area contributed by atoms with Crippen LogP contribution in [0.4, 0.5) is 0 Å². The number of nitrogens with one attached hydrogen (secondary N) is 1. The van der Waals surface area contributed by atoms with Gasteiger partial charge in [0.2, 0.25) is 0 Å². The molecule has 1 aromatic rings. The van der Waals surface area contributed by atoms with Gasteiger partial charge >= 0.3 is 5.97 Å². The van der Waals surface area contributed by atoms with E-state index in [9.17, 15) is 14.7 Å². The van der Waals surface area contributed by atoms with Gasteiger partial charge in [-0.3, -0.25) is 9.59 Å². The quantitative estimate of drug-likeness (QED) is 0.835. The molecule has 0 aliphatic heterocycles. The van der Waals surface area contributed by atoms with Gasteiger partial charge in [-0.1, -0.05) is 12.8 Å². The summed E-state index contributed by atoms with van der Waals surface area (Å²) in [5.41, 5.74) is -0.321. The molecule has 1 aliphatic carbocycles. The van der Waals surface area contributed by atoms with Crippen LogP contribution in [-0.2, 0) is 4.79 Å². The number of carbonyl (C=O) groups excluding carboxylic acids is 1. The molecule has 0 bridgehead atoms. The first-order valence-electron chi connectivity index (χ1n) is 8.27. The van der Waals surface area contributed by atoms with Gasteiger partial charge in [0.15, 0.2) is 11.5 Å². The number of carboxylic acid groups (broad SMARTS) is 1. The average molecular weight is 335 g/mol. The van der Waals surface area contributed by atoms with E-state index >= 15 is 0 Å². The van der Waals surface area contributed by atoms with Crippen molar-refractivity contribution in [3.63, 3.8) is 0 Å². The van der Waals surface area contributed by atoms with E-state index in [0.29, 0.717) is 36.5 Å². The Labute approximate surface area is 142 Å². The van der Waals surface area contributed by atoms with Crippen LogP contribution in [0.2, 0.25) is 0 Å². The Kier molecular flexibility index (Phi) is 5.70. The molecule has 6 heteroatoms. The van der Waals surface area contributed by atoms with Gasteiger partial charge in [-0.15, -0.1) is 0 Å². The molecule has 1 aromatic carbocycles. The molecule has 2 atom stereocenters. The van der Waals surface area contributed by atoms with Crippen LogP contribution in [0.5, 0.6) is 11.5 Å². The zero-order valence-corrected chi connectivity index (χ0v) is 14.4. The molecule has 0 heterocycles. The standard InChI is InChI=1S/C18H25NO5/c1-4-24-14-9-8-12(11-15(14)23-3)16(20)19-18(2)10-6-5-7-13(18)17(21)22/h8-9,11,13H,4-7,10H2,1-3H3,(H,19,20)(H,21,22). The number of hydrogen-bond acceptors (Lipinski definition) is 4. The van der Waals surface area contributed by atoms with Crippen molar-refractivity contribution in [2.45, 2.75) is 45.1 Å². The molecular weight excluding hydrogens is 310 g/mol. The predicted molar refractivity (Wildman–Crippen MR) is 89.6 cm³/mol. The zero-order chi connectivity index (χ0) is 17.7. The summed E-state index contributed by atoms with van der Waals surface area (Å²) in [4.78, 5) is 24.1. The number of benzene rings is 1. The molecule has 1 saturated carbocycles. The van der Waals surface area contributed by atoms with E-state index in [1.165, 1.54) is 7.11 Å². The van der Waals surface area contributed by atoms with E-state index in [1.807, 2.05) is 13.8 Å². The molecule has 0 radical (unpaired) electrons. The van der Waals surface area contributed by atoms with Crippen molar-refractivity contribution in [1.29, 1.82) is 0 Å². The van der Waals surface area contributed by atoms with Crippen LogP contribution in [0.15, 0.2) is 18.2 Å². The van der Waals surface area contributed by atoms with Gasteiger partial charge in [0.25, 0.3) is 5.91 Å². The smallest absolute Gasteiger partial charge is 0.308 e. The second-order valence-corrected chi connectivity index (χ2v) is 6.31. The van der Waals surface area contributed by atoms with Crippen LogP contribution in [0, 0.1) is 5.92 Å². The minimum Gasteiger partial charge on any atom is -0.493 e. The lowest BCUT2D eigenvalue weighted by molar-refractivity contribution is -0.145. The first kappa shape index (κ1) is 18.1. The number of carbonyl (C=O) groups is 2. The third kappa shape index (κ3) is 3.80. The van der Waals surface area contributed by atoms with E-state index in [0.717, 1.165) is 12.8 Å². The van der Waals surface area contributed by atoms with Gasteiger partial charge in [0.05, 0.1) is 25.2 Å². The lowest BCUT2D eigenvalue weighted by Gasteiger charge is -2.39. The summed E-state index contributed by atoms with van der Waals surface area (Å²) in [7, 11) is 1.52. The lowest BCUT2D eigenvalue weighted by Crippen LogP contribution is -2.55. The summed E-state index contributed by atoms with van der Waals surface area (Å²) in [5, 5.41) is 12.4. The van der Waals surface area contributed by atoms with Crippen molar-refractivity contribution in [2.24, 2.45) is 5.92 Å². The molecule has 1 fully saturated rings. The summed E-state index contributed by atoms with van der Waals surface area (Å²) < 4.78 is 10.7. The van der Waals surface area contributed by atoms with Crippen LogP contribution < -0.4 is 14.8 Å². The summed E-state index contributed by atoms with van der Waals surface area (Å²) in [6, 6.07) is 4.96. The maximum atomic E-state index is 12.6. The number of rotatable bonds is 6. The van der Waals surface area contributed by atoms with Gasteiger partial charge in [-0.2, -0.15) is 0 Å². The minimum absolute atomic E-state index is 0.299. The first-order valence-corrected chi connectivity index (χ1v) is 8.27. The molecule has 2 rings (SSSR count). The third-order valence-electron chi connectivity index (χ3n) is 4.63. The highest BCUT2D eigenvalue weighted by Gasteiger charge is 2.42. The fourth-order valence-corrected chi connectivity index (χ4v) is 3.29. The van der Waals surface area contributed by atoms with Crippen molar-refractivity contribution < 1.29 is 24.2 Å². The maximum Gasteiger partial charge on any atom is 0.308 e. The summed E-state index contributed by atoms with van der Waals surface area (Å²) in [5.74, 6) is -0.675. The summed E-state index contributed by atoms with van der Waals surface area (Å²) >= 11 is 0. The molecule has 1 aliphatic rings. The molecule has 0 saturated heterocycles. The van der Waals surface area contributed by atoms with E-state index in [4.69, 9.17) is 9.47 Å². The Morgan fingerprint density at radius 1 is 1.33 bits per heavy atom. The molecule has 2 N–H and O–H groups in total. The minimum atomic E-state index is -0.859. The van der Waals surface area contributed by atoms with Crippen molar-refractivity contribution in [3.8, 4) is 11.5 Å². The Hall–Kier alpha value is -2.24. The molecule has 0 aromatic heterocycles. The van der Waals surface area contributed by atoms with Crippen LogP contribution in [0.3, 0.4) is 0 Å². The molecule has 132 valence electrons. The molecule has 2 unspecified atom stereocenters. The normalized spacial score (nSPS) is 23.4. The SMILES string of the molecule is CCOc1ccc(C(=O)NC2(C)CCCCC2C(=O)O)cc1OC. The second kappa shape index (κ2) is 7.55. The molecule has 6 nitrogen and oxygen atoms in total. The number of carboxylic acids is 1. The fourth-order valence-electron chi connectivity index (χ4n) is 3.29. The largest absolute Gasteiger partial charge is 0.493 e. The zero-order valence-electron chi connectivity index (χ0n) is 14.4. The van der Waals surface area contributed by atoms with Crippen molar-refractivity contribution in [3.05, 3.63) is 23.8 Å². The van der Waals surface area contributed by atoms with E-state index in [2.05, 4.69) is 5.32 Å². The third-order valence-corrected chi connectivity index (χ3v) is 4.63. The highest BCUT2D eigenvalue weighted by atomic mass is 16.5. The average Bonchev–Trinajstić information content (AvgIpc) is 2.55. The lowest BCUT2D eigenvalue weighted by atomic mass is 9.73. The van der Waals surface area contributed by atoms with Crippen LogP contribution in [0.1, 0.15) is 49.9 Å². The van der Waals surface area contributed by atoms with Crippen LogP contribution in [-0.4, -0.2) is 36.2 Å². The van der Waals surface area contributed by atoms with E-state index < -0.39 is 17.4 Å². The Bertz CT molecular complexity index is 615. The fraction of sp³-hybridized carbons (Fsp3) is 0.556. The molecule has 0 spiro atoms. The van der Waals surface area contributed by atoms with Gasteiger partial charge in [0.1, 0.15) is 0 Å². The topological polar surface area (TPSA) is 84.9 Å². The Balaban J connectivity index is 2.20. The number of aliphatic carboxylic acids is 1. The molecule has 1 amide bonds. The number of ether oxygens (including phenoxy) is 2. The number of methoxy groups -OCH3 is 1. The van der Waals surface area contributed by atoms with E-state index in [-0.39, 0.29) is 5.91 Å². The van der Waals surface area contributed by atoms with E-state index in [1.54, 1.807) is 18.2 Å². The molecular formula is C18H25NO5. The van der Waals surface area contributed by atoms with Gasteiger partial charge in [-0.25, -0.2) is 0 Å². The van der Waals surface area contributed by atoms with Gasteiger partial charge in [-0.05, 0) is 44.9 Å². The van der Waals surface area contributed by atoms with Crippen LogP contribution >= 0.6 is 0 Å². The Morgan fingerprint density at radius 3 is 2.71 bits per heavy atom. The Morgan fingerprint density at radius 2 is 2.08 bits per heavy atom. The molecule has 24 heavy (non-hydrogen) atoms. The highest BCUT2D eigenvalue weighted by Crippen LogP contribution is 2.34. The highest BCUT2D eigenvalue weighted by molar-refractivity contribution is 5.95. The number of amides is 1. The van der Waals surface area contributed by atoms with Crippen molar-refractivity contribution in [1.82, 2.24) is 5.32 Å². The van der Waals surface area contributed by atoms with Gasteiger partial charge < -0.3 is 19.9 Å². The monoisotopic (exact) mass is 335 g/mol. The van der Waals surface area contributed by atoms with Crippen molar-refractivity contribution >= 4 is 11.9 Å². The number of hydrogen-bond donors (Lipinski definition) is 2. The first-order chi connectivity index (χ1) is 11.4. The maximum absolute atomic E-state index is 12.6. The van der Waals surface area contributed by atoms with Crippen LogP contribution in [0.25, 0.3) is 0 Å². The summed E-state index contributed by atoms with van der Waals surface area (Å²) in [6.07, 6.45) is 3.02. The van der Waals surface area contributed by atoms with Gasteiger partial charge in [0, 0.05) is 5.56 Å². The summed E-state index contributed by atoms with van der Waals surface area (Å²) in [6.45, 7) is 4.19.